The van der Waals surface area contributed by atoms with E-state index in [1.54, 1.807) is 18.2 Å². The first-order valence-electron chi connectivity index (χ1n) is 17.1. The molecule has 0 fully saturated rings. The van der Waals surface area contributed by atoms with Crippen LogP contribution >= 0.6 is 0 Å². The van der Waals surface area contributed by atoms with Gasteiger partial charge in [0.2, 0.25) is 0 Å². The first-order valence-corrected chi connectivity index (χ1v) is 15.6. The molecule has 0 saturated heterocycles. The van der Waals surface area contributed by atoms with E-state index >= 15 is 0 Å². The number of aryl methyl sites for hydroxylation is 1. The molecule has 0 N–H and O–H groups in total. The molecule has 0 bridgehead atoms. The number of allylic oxidation sites excluding steroid dienone is 1. The summed E-state index contributed by atoms with van der Waals surface area (Å²) in [5.74, 6) is 1.59. The van der Waals surface area contributed by atoms with Crippen LogP contribution in [-0.4, -0.2) is 14.5 Å². The minimum atomic E-state index is -2.09. The van der Waals surface area contributed by atoms with E-state index in [4.69, 9.17) is 13.5 Å². The maximum Gasteiger partial charge on any atom is 0.0774 e. The van der Waals surface area contributed by atoms with Crippen LogP contribution in [0.1, 0.15) is 72.8 Å². The molecule has 7 rings (SSSR count). The van der Waals surface area contributed by atoms with Gasteiger partial charge in [-0.2, -0.15) is 0 Å². The second kappa shape index (κ2) is 14.5. The van der Waals surface area contributed by atoms with E-state index in [0.29, 0.717) is 11.8 Å². The molecule has 0 aliphatic heterocycles. The van der Waals surface area contributed by atoms with Crippen molar-refractivity contribution in [1.29, 1.82) is 0 Å². The molecule has 5 heteroatoms. The van der Waals surface area contributed by atoms with E-state index < -0.39 is 6.85 Å². The molecular weight excluding hydrogens is 755 g/mol. The number of pyridine rings is 1. The summed E-state index contributed by atoms with van der Waals surface area (Å²) in [6.45, 7) is 13.1. The molecular formula is C42H39IrN3O-2. The van der Waals surface area contributed by atoms with E-state index in [9.17, 15) is 0 Å². The molecule has 4 aromatic carbocycles. The van der Waals surface area contributed by atoms with Gasteiger partial charge in [-0.1, -0.05) is 111 Å². The van der Waals surface area contributed by atoms with Crippen LogP contribution in [0.5, 0.6) is 0 Å². The molecule has 7 aromatic rings. The summed E-state index contributed by atoms with van der Waals surface area (Å²) in [7, 11) is 0. The van der Waals surface area contributed by atoms with Crippen molar-refractivity contribution in [3.63, 3.8) is 0 Å². The third kappa shape index (κ3) is 6.93. The van der Waals surface area contributed by atoms with Crippen LogP contribution in [0.15, 0.2) is 114 Å². The van der Waals surface area contributed by atoms with Gasteiger partial charge >= 0.3 is 0 Å². The zero-order valence-electron chi connectivity index (χ0n) is 30.3. The zero-order chi connectivity index (χ0) is 34.9. The number of fused-ring (bicyclic) bond motifs is 2. The number of imidazole rings is 1. The Morgan fingerprint density at radius 3 is 2.28 bits per heavy atom. The predicted molar refractivity (Wildman–Crippen MR) is 191 cm³/mol. The Kier molecular flexibility index (Phi) is 9.17. The number of para-hydroxylation sites is 3. The van der Waals surface area contributed by atoms with Gasteiger partial charge in [-0.3, -0.25) is 4.98 Å². The van der Waals surface area contributed by atoms with Gasteiger partial charge in [-0.25, -0.2) is 0 Å². The number of rotatable bonds is 6. The quantitative estimate of drug-likeness (QED) is 0.157. The van der Waals surface area contributed by atoms with Gasteiger partial charge in [0.05, 0.1) is 16.9 Å². The third-order valence-electron chi connectivity index (χ3n) is 8.10. The molecule has 3 heterocycles. The average Bonchev–Trinajstić information content (AvgIpc) is 3.69. The van der Waals surface area contributed by atoms with Crippen molar-refractivity contribution in [2.24, 2.45) is 0 Å². The first-order chi connectivity index (χ1) is 23.4. The van der Waals surface area contributed by atoms with Crippen LogP contribution < -0.4 is 0 Å². The van der Waals surface area contributed by atoms with Crippen molar-refractivity contribution in [2.75, 3.05) is 0 Å². The van der Waals surface area contributed by atoms with Crippen LogP contribution in [0, 0.1) is 19.2 Å². The molecule has 0 unspecified atom stereocenters. The Bertz CT molecular complexity index is 2220. The van der Waals surface area contributed by atoms with E-state index in [1.165, 1.54) is 23.0 Å². The van der Waals surface area contributed by atoms with Crippen molar-refractivity contribution >= 4 is 27.6 Å². The van der Waals surface area contributed by atoms with E-state index in [0.717, 1.165) is 55.8 Å². The van der Waals surface area contributed by atoms with Crippen molar-refractivity contribution < 1.29 is 28.6 Å². The Balaban J connectivity index is 0.000000241. The van der Waals surface area contributed by atoms with Gasteiger partial charge in [-0.15, -0.1) is 35.9 Å². The smallest absolute Gasteiger partial charge is 0.0774 e. The van der Waals surface area contributed by atoms with Crippen LogP contribution in [0.3, 0.4) is 0 Å². The van der Waals surface area contributed by atoms with Gasteiger partial charge in [-0.05, 0) is 65.7 Å². The van der Waals surface area contributed by atoms with E-state index in [2.05, 4.69) is 98.6 Å². The van der Waals surface area contributed by atoms with E-state index in [-0.39, 0.29) is 25.7 Å². The fourth-order valence-corrected chi connectivity index (χ4v) is 5.70. The molecule has 0 aliphatic rings. The fraction of sp³-hybridized carbons (Fsp3) is 0.190. The number of hydrogen-bond acceptors (Lipinski definition) is 3. The van der Waals surface area contributed by atoms with Crippen LogP contribution in [0.4, 0.5) is 0 Å². The second-order valence-electron chi connectivity index (χ2n) is 12.1. The third-order valence-corrected chi connectivity index (χ3v) is 8.10. The summed E-state index contributed by atoms with van der Waals surface area (Å²) in [6.07, 6.45) is 4.57. The molecule has 47 heavy (non-hydrogen) atoms. The number of furan rings is 1. The topological polar surface area (TPSA) is 43.9 Å². The molecule has 0 saturated carbocycles. The Morgan fingerprint density at radius 1 is 0.894 bits per heavy atom. The summed E-state index contributed by atoms with van der Waals surface area (Å²) < 4.78 is 29.9. The molecule has 0 amide bonds. The minimum Gasteiger partial charge on any atom is -0.557 e. The van der Waals surface area contributed by atoms with Crippen LogP contribution in [0.25, 0.3) is 55.9 Å². The summed E-state index contributed by atoms with van der Waals surface area (Å²) in [6, 6.07) is 34.9. The SMILES string of the molecule is C=C(C)c1ccc2o[c-]c(-c3nc4ccccc4n3-c3c(C(C)C)cccc3C(C)C)c2c1.[2H]C([2H])([2H])c1ccc(-c2[c-]cccc2)nc1.[Ir]. The monoisotopic (exact) mass is 797 g/mol. The second-order valence-corrected chi connectivity index (χ2v) is 12.1. The molecule has 0 atom stereocenters. The van der Waals surface area contributed by atoms with Crippen molar-refractivity contribution in [2.45, 2.75) is 53.3 Å². The van der Waals surface area contributed by atoms with E-state index in [1.807, 2.05) is 43.3 Å². The summed E-state index contributed by atoms with van der Waals surface area (Å²) in [5, 5.41) is 1.00. The largest absolute Gasteiger partial charge is 0.557 e. The number of hydrogen-bond donors (Lipinski definition) is 0. The van der Waals surface area contributed by atoms with Crippen LogP contribution in [-0.2, 0) is 20.1 Å². The van der Waals surface area contributed by atoms with Gasteiger partial charge in [0.1, 0.15) is 0 Å². The van der Waals surface area contributed by atoms with Crippen molar-refractivity contribution in [3.05, 3.63) is 144 Å². The summed E-state index contributed by atoms with van der Waals surface area (Å²) in [4.78, 5) is 9.23. The number of nitrogens with zero attached hydrogens (tertiary/aromatic N) is 3. The maximum absolute atomic E-state index is 7.23. The number of aromatic nitrogens is 3. The molecule has 1 radical (unpaired) electrons. The molecule has 4 nitrogen and oxygen atoms in total. The number of benzene rings is 4. The van der Waals surface area contributed by atoms with Gasteiger partial charge in [0, 0.05) is 47.9 Å². The Morgan fingerprint density at radius 2 is 1.64 bits per heavy atom. The van der Waals surface area contributed by atoms with Gasteiger partial charge in [0.25, 0.3) is 0 Å². The summed E-state index contributed by atoms with van der Waals surface area (Å²) >= 11 is 0. The molecule has 0 spiro atoms. The standard InChI is InChI=1S/C30H29N2O.C12H10N.Ir/c1-18(2)21-14-15-28-24(16-21)25(17-33-28)30-31-26-12-7-8-13-27(26)32(30)29-22(19(3)4)10-9-11-23(29)20(5)6;1-10-7-8-12(13-9-10)11-5-3-2-4-6-11;/h7-16,19-20H,1H2,2-6H3;2-5,7-9H,1H3;/q2*-1;/i;1D3;. The average molecular weight is 797 g/mol. The fourth-order valence-electron chi connectivity index (χ4n) is 5.70. The minimum absolute atomic E-state index is 0. The van der Waals surface area contributed by atoms with Gasteiger partial charge < -0.3 is 14.0 Å². The van der Waals surface area contributed by atoms with Crippen molar-refractivity contribution in [1.82, 2.24) is 14.5 Å². The Hall–Kier alpha value is -4.57. The first kappa shape index (κ1) is 29.8. The van der Waals surface area contributed by atoms with Crippen LogP contribution in [0.2, 0.25) is 0 Å². The zero-order valence-corrected chi connectivity index (χ0v) is 29.7. The van der Waals surface area contributed by atoms with Gasteiger partial charge in [0.15, 0.2) is 0 Å². The maximum atomic E-state index is 7.23. The summed E-state index contributed by atoms with van der Waals surface area (Å²) in [5.41, 5.74) is 11.5. The normalized spacial score (nSPS) is 12.3. The molecule has 3 aromatic heterocycles. The Labute approximate surface area is 295 Å². The molecule has 0 aliphatic carbocycles. The predicted octanol–water partition coefficient (Wildman–Crippen LogP) is 11.4. The molecule has 239 valence electrons. The van der Waals surface area contributed by atoms with Crippen molar-refractivity contribution in [3.8, 4) is 28.3 Å².